The van der Waals surface area contributed by atoms with Gasteiger partial charge in [-0.1, -0.05) is 12.1 Å². The number of fused-ring (bicyclic) bond motifs is 1. The molecule has 1 N–H and O–H groups in total. The standard InChI is InChI=1S/C19H20N2O3/c1-13-3-4-14(2)19(9-13)24-12-15(22)11-23-16-5-6-17-18(10-16)21-8-7-20-17/h3-10,15,22H,11-12H2,1-2H3/t15-/m1/s1. The van der Waals surface area contributed by atoms with Crippen molar-refractivity contribution in [1.82, 2.24) is 9.97 Å². The molecular formula is C19H20N2O3. The Bertz CT molecular complexity index is 836. The van der Waals surface area contributed by atoms with E-state index in [2.05, 4.69) is 9.97 Å². The fourth-order valence-electron chi connectivity index (χ4n) is 2.32. The summed E-state index contributed by atoms with van der Waals surface area (Å²) in [6.45, 7) is 4.32. The van der Waals surface area contributed by atoms with E-state index in [-0.39, 0.29) is 13.2 Å². The smallest absolute Gasteiger partial charge is 0.122 e. The lowest BCUT2D eigenvalue weighted by Gasteiger charge is -2.15. The van der Waals surface area contributed by atoms with Gasteiger partial charge in [0.05, 0.1) is 11.0 Å². The van der Waals surface area contributed by atoms with Crippen LogP contribution in [-0.2, 0) is 0 Å². The summed E-state index contributed by atoms with van der Waals surface area (Å²) in [6, 6.07) is 11.5. The molecule has 1 heterocycles. The second-order valence-corrected chi connectivity index (χ2v) is 5.75. The maximum absolute atomic E-state index is 10.1. The zero-order valence-corrected chi connectivity index (χ0v) is 13.8. The second-order valence-electron chi connectivity index (χ2n) is 5.75. The minimum atomic E-state index is -0.720. The van der Waals surface area contributed by atoms with Crippen LogP contribution < -0.4 is 9.47 Å². The average Bonchev–Trinajstić information content (AvgIpc) is 2.60. The van der Waals surface area contributed by atoms with E-state index in [4.69, 9.17) is 9.47 Å². The van der Waals surface area contributed by atoms with Crippen molar-refractivity contribution in [3.8, 4) is 11.5 Å². The molecule has 1 aromatic heterocycles. The monoisotopic (exact) mass is 324 g/mol. The van der Waals surface area contributed by atoms with Crippen LogP contribution in [0.1, 0.15) is 11.1 Å². The van der Waals surface area contributed by atoms with Crippen LogP contribution in [0.5, 0.6) is 11.5 Å². The molecule has 2 aromatic carbocycles. The number of aryl methyl sites for hydroxylation is 2. The van der Waals surface area contributed by atoms with Crippen LogP contribution in [0.2, 0.25) is 0 Å². The fourth-order valence-corrected chi connectivity index (χ4v) is 2.32. The van der Waals surface area contributed by atoms with E-state index in [0.717, 1.165) is 27.9 Å². The molecule has 0 aliphatic rings. The van der Waals surface area contributed by atoms with Gasteiger partial charge in [0.1, 0.15) is 30.8 Å². The van der Waals surface area contributed by atoms with E-state index in [9.17, 15) is 5.11 Å². The summed E-state index contributed by atoms with van der Waals surface area (Å²) in [7, 11) is 0. The Balaban J connectivity index is 1.54. The quantitative estimate of drug-likeness (QED) is 0.755. The normalized spacial score (nSPS) is 12.1. The van der Waals surface area contributed by atoms with E-state index < -0.39 is 6.10 Å². The SMILES string of the molecule is Cc1ccc(C)c(OC[C@H](O)COc2ccc3nccnc3c2)c1. The van der Waals surface area contributed by atoms with Crippen LogP contribution in [0, 0.1) is 13.8 Å². The van der Waals surface area contributed by atoms with Gasteiger partial charge in [0.25, 0.3) is 0 Å². The molecule has 0 unspecified atom stereocenters. The summed E-state index contributed by atoms with van der Waals surface area (Å²) in [5.41, 5.74) is 3.74. The molecule has 0 amide bonds. The number of benzene rings is 2. The van der Waals surface area contributed by atoms with Crippen LogP contribution in [0.3, 0.4) is 0 Å². The number of aliphatic hydroxyl groups excluding tert-OH is 1. The van der Waals surface area contributed by atoms with Crippen molar-refractivity contribution in [3.63, 3.8) is 0 Å². The summed E-state index contributed by atoms with van der Waals surface area (Å²) in [4.78, 5) is 8.44. The summed E-state index contributed by atoms with van der Waals surface area (Å²) in [6.07, 6.45) is 2.57. The Morgan fingerprint density at radius 1 is 0.917 bits per heavy atom. The Morgan fingerprint density at radius 3 is 2.50 bits per heavy atom. The van der Waals surface area contributed by atoms with Crippen molar-refractivity contribution >= 4 is 11.0 Å². The molecule has 0 aliphatic carbocycles. The number of hydrogen-bond donors (Lipinski definition) is 1. The van der Waals surface area contributed by atoms with Crippen LogP contribution in [0.4, 0.5) is 0 Å². The van der Waals surface area contributed by atoms with Crippen LogP contribution in [-0.4, -0.2) is 34.4 Å². The number of ether oxygens (including phenoxy) is 2. The summed E-state index contributed by atoms with van der Waals surface area (Å²) < 4.78 is 11.3. The van der Waals surface area contributed by atoms with E-state index in [1.807, 2.05) is 44.2 Å². The van der Waals surface area contributed by atoms with Gasteiger partial charge >= 0.3 is 0 Å². The van der Waals surface area contributed by atoms with Gasteiger partial charge in [-0.15, -0.1) is 0 Å². The highest BCUT2D eigenvalue weighted by Gasteiger charge is 2.09. The molecule has 0 spiro atoms. The molecule has 3 rings (SSSR count). The van der Waals surface area contributed by atoms with Crippen LogP contribution in [0.25, 0.3) is 11.0 Å². The molecule has 124 valence electrons. The number of rotatable bonds is 6. The number of aromatic nitrogens is 2. The van der Waals surface area contributed by atoms with Crippen LogP contribution in [0.15, 0.2) is 48.8 Å². The van der Waals surface area contributed by atoms with Gasteiger partial charge in [-0.05, 0) is 43.2 Å². The molecule has 5 heteroatoms. The first-order valence-corrected chi connectivity index (χ1v) is 7.83. The summed E-state index contributed by atoms with van der Waals surface area (Å²) in [5.74, 6) is 1.43. The lowest BCUT2D eigenvalue weighted by Crippen LogP contribution is -2.25. The maximum atomic E-state index is 10.1. The van der Waals surface area contributed by atoms with Gasteiger partial charge in [0.15, 0.2) is 0 Å². The first-order valence-electron chi connectivity index (χ1n) is 7.83. The van der Waals surface area contributed by atoms with Gasteiger partial charge in [-0.3, -0.25) is 9.97 Å². The first-order chi connectivity index (χ1) is 11.6. The molecule has 0 saturated carbocycles. The van der Waals surface area contributed by atoms with E-state index >= 15 is 0 Å². The Labute approximate surface area is 140 Å². The molecule has 0 radical (unpaired) electrons. The fraction of sp³-hybridized carbons (Fsp3) is 0.263. The van der Waals surface area contributed by atoms with E-state index in [1.54, 1.807) is 18.5 Å². The summed E-state index contributed by atoms with van der Waals surface area (Å²) in [5, 5.41) is 10.1. The Morgan fingerprint density at radius 2 is 1.67 bits per heavy atom. The molecule has 5 nitrogen and oxygen atoms in total. The Hall–Kier alpha value is -2.66. The minimum absolute atomic E-state index is 0.149. The first kappa shape index (κ1) is 16.2. The third-order valence-corrected chi connectivity index (χ3v) is 3.66. The van der Waals surface area contributed by atoms with Crippen molar-refractivity contribution in [2.75, 3.05) is 13.2 Å². The van der Waals surface area contributed by atoms with Crippen molar-refractivity contribution < 1.29 is 14.6 Å². The predicted molar refractivity (Wildman–Crippen MR) is 92.5 cm³/mol. The van der Waals surface area contributed by atoms with Crippen molar-refractivity contribution in [2.45, 2.75) is 20.0 Å². The third-order valence-electron chi connectivity index (χ3n) is 3.66. The molecule has 3 aromatic rings. The second kappa shape index (κ2) is 7.27. The maximum Gasteiger partial charge on any atom is 0.122 e. The summed E-state index contributed by atoms with van der Waals surface area (Å²) >= 11 is 0. The lowest BCUT2D eigenvalue weighted by molar-refractivity contribution is 0.0624. The van der Waals surface area contributed by atoms with Gasteiger partial charge < -0.3 is 14.6 Å². The van der Waals surface area contributed by atoms with E-state index in [1.165, 1.54) is 0 Å². The molecule has 1 atom stereocenters. The van der Waals surface area contributed by atoms with Gasteiger partial charge in [-0.2, -0.15) is 0 Å². The zero-order valence-electron chi connectivity index (χ0n) is 13.8. The highest BCUT2D eigenvalue weighted by molar-refractivity contribution is 5.75. The number of nitrogens with zero attached hydrogens (tertiary/aromatic N) is 2. The molecule has 0 aliphatic heterocycles. The lowest BCUT2D eigenvalue weighted by atomic mass is 10.1. The highest BCUT2D eigenvalue weighted by Crippen LogP contribution is 2.20. The van der Waals surface area contributed by atoms with Gasteiger partial charge in [-0.25, -0.2) is 0 Å². The Kier molecular flexibility index (Phi) is 4.91. The van der Waals surface area contributed by atoms with Crippen molar-refractivity contribution in [1.29, 1.82) is 0 Å². The molecular weight excluding hydrogens is 304 g/mol. The van der Waals surface area contributed by atoms with Crippen LogP contribution >= 0.6 is 0 Å². The number of aliphatic hydroxyl groups is 1. The number of hydrogen-bond acceptors (Lipinski definition) is 5. The predicted octanol–water partition coefficient (Wildman–Crippen LogP) is 3.07. The van der Waals surface area contributed by atoms with Crippen molar-refractivity contribution in [2.24, 2.45) is 0 Å². The molecule has 0 bridgehead atoms. The zero-order chi connectivity index (χ0) is 16.9. The highest BCUT2D eigenvalue weighted by atomic mass is 16.5. The molecule has 24 heavy (non-hydrogen) atoms. The van der Waals surface area contributed by atoms with Gasteiger partial charge in [0.2, 0.25) is 0 Å². The van der Waals surface area contributed by atoms with Gasteiger partial charge in [0, 0.05) is 18.5 Å². The average molecular weight is 324 g/mol. The van der Waals surface area contributed by atoms with E-state index in [0.29, 0.717) is 5.75 Å². The third kappa shape index (κ3) is 4.00. The molecule has 0 fully saturated rings. The topological polar surface area (TPSA) is 64.5 Å². The van der Waals surface area contributed by atoms with Crippen molar-refractivity contribution in [3.05, 3.63) is 59.9 Å². The molecule has 0 saturated heterocycles. The minimum Gasteiger partial charge on any atom is -0.491 e. The largest absolute Gasteiger partial charge is 0.491 e.